The summed E-state index contributed by atoms with van der Waals surface area (Å²) in [5.41, 5.74) is 3.01. The van der Waals surface area contributed by atoms with Crippen molar-refractivity contribution < 1.29 is 18.3 Å². The summed E-state index contributed by atoms with van der Waals surface area (Å²) in [6, 6.07) is 11.4. The van der Waals surface area contributed by atoms with Gasteiger partial charge in [0.1, 0.15) is 34.4 Å². The van der Waals surface area contributed by atoms with E-state index in [-0.39, 0.29) is 34.3 Å². The molecule has 3 heterocycles. The van der Waals surface area contributed by atoms with E-state index >= 15 is 0 Å². The Hall–Kier alpha value is -4.32. The molecule has 0 atom stereocenters. The van der Waals surface area contributed by atoms with Crippen molar-refractivity contribution in [1.82, 2.24) is 14.6 Å². The van der Waals surface area contributed by atoms with Crippen LogP contribution in [0, 0.1) is 5.92 Å². The Labute approximate surface area is 205 Å². The fourth-order valence-corrected chi connectivity index (χ4v) is 5.24. The maximum absolute atomic E-state index is 13.5. The quantitative estimate of drug-likeness (QED) is 0.299. The van der Waals surface area contributed by atoms with Crippen LogP contribution in [0.25, 0.3) is 10.9 Å². The van der Waals surface area contributed by atoms with Crippen LogP contribution in [-0.2, 0) is 16.6 Å². The molecule has 36 heavy (non-hydrogen) atoms. The first-order valence-electron chi connectivity index (χ1n) is 11.4. The molecule has 0 bridgehead atoms. The fourth-order valence-electron chi connectivity index (χ4n) is 4.10. The predicted octanol–water partition coefficient (Wildman–Crippen LogP) is 2.52. The summed E-state index contributed by atoms with van der Waals surface area (Å²) in [6.45, 7) is 0.724. The highest BCUT2D eigenvalue weighted by molar-refractivity contribution is 7.90. The fraction of sp³-hybridized carbons (Fsp3) is 0.208. The molecule has 1 aliphatic carbocycles. The molecule has 2 aromatic heterocycles. The van der Waals surface area contributed by atoms with E-state index in [9.17, 15) is 18.3 Å². The number of fused-ring (bicyclic) bond motifs is 2. The highest BCUT2D eigenvalue weighted by atomic mass is 32.2. The number of anilines is 1. The first kappa shape index (κ1) is 22.2. The van der Waals surface area contributed by atoms with Crippen LogP contribution in [0.3, 0.4) is 0 Å². The third kappa shape index (κ3) is 3.94. The Kier molecular flexibility index (Phi) is 5.18. The molecule has 2 aromatic carbocycles. The van der Waals surface area contributed by atoms with Crippen molar-refractivity contribution in [3.8, 4) is 11.5 Å². The van der Waals surface area contributed by atoms with Gasteiger partial charge in [0.25, 0.3) is 15.6 Å². The lowest BCUT2D eigenvalue weighted by Crippen LogP contribution is -2.37. The van der Waals surface area contributed by atoms with Crippen molar-refractivity contribution in [2.45, 2.75) is 24.3 Å². The molecule has 0 amide bonds. The Morgan fingerprint density at radius 2 is 2.03 bits per heavy atom. The zero-order chi connectivity index (χ0) is 24.9. The summed E-state index contributed by atoms with van der Waals surface area (Å²) in [5.74, 6) is 0.793. The van der Waals surface area contributed by atoms with Gasteiger partial charge < -0.3 is 25.6 Å². The minimum absolute atomic E-state index is 0.101. The first-order chi connectivity index (χ1) is 17.4. The van der Waals surface area contributed by atoms with Gasteiger partial charge in [0, 0.05) is 30.4 Å². The van der Waals surface area contributed by atoms with E-state index in [4.69, 9.17) is 4.74 Å². The summed E-state index contributed by atoms with van der Waals surface area (Å²) in [5, 5.41) is 14.3. The van der Waals surface area contributed by atoms with E-state index in [0.29, 0.717) is 34.9 Å². The van der Waals surface area contributed by atoms with E-state index < -0.39 is 15.6 Å². The van der Waals surface area contributed by atoms with Gasteiger partial charge >= 0.3 is 0 Å². The van der Waals surface area contributed by atoms with Crippen LogP contribution >= 0.6 is 0 Å². The molecule has 0 radical (unpaired) electrons. The summed E-state index contributed by atoms with van der Waals surface area (Å²) in [4.78, 5) is 20.4. The maximum Gasteiger partial charge on any atom is 0.286 e. The molecular formula is C24H22N6O5S. The van der Waals surface area contributed by atoms with Crippen molar-refractivity contribution in [3.63, 3.8) is 0 Å². The molecule has 1 fully saturated rings. The van der Waals surface area contributed by atoms with Gasteiger partial charge in [0.05, 0.1) is 11.2 Å². The van der Waals surface area contributed by atoms with Gasteiger partial charge in [-0.2, -0.15) is 8.42 Å². The number of rotatable bonds is 7. The lowest BCUT2D eigenvalue weighted by Gasteiger charge is -2.21. The zero-order valence-corrected chi connectivity index (χ0v) is 19.7. The summed E-state index contributed by atoms with van der Waals surface area (Å²) >= 11 is 0. The number of hydrogen-bond donors (Lipinski definition) is 4. The molecule has 4 aromatic rings. The van der Waals surface area contributed by atoms with Crippen LogP contribution in [0.1, 0.15) is 24.2 Å². The largest absolute Gasteiger partial charge is 0.506 e. The van der Waals surface area contributed by atoms with E-state index in [1.165, 1.54) is 16.8 Å². The molecule has 0 spiro atoms. The number of nitrogens with one attached hydrogen (secondary N) is 3. The number of hydrogen-bond acceptors (Lipinski definition) is 8. The van der Waals surface area contributed by atoms with Gasteiger partial charge in [0.15, 0.2) is 5.84 Å². The first-order valence-corrected chi connectivity index (χ1v) is 12.8. The van der Waals surface area contributed by atoms with Crippen molar-refractivity contribution >= 4 is 32.4 Å². The van der Waals surface area contributed by atoms with E-state index in [1.807, 2.05) is 0 Å². The van der Waals surface area contributed by atoms with E-state index in [0.717, 1.165) is 12.8 Å². The van der Waals surface area contributed by atoms with Gasteiger partial charge in [0.2, 0.25) is 0 Å². The number of aromatic nitrogens is 3. The Balaban J connectivity index is 1.40. The standard InChI is InChI=1S/C24H22N6O5S/c31-22-16-3-1-2-4-18(16)30(27-12-14-5-6-14)24(32)21(22)23-28-17-8-7-15(11-19(17)36(33,34)29-23)35-13-20-25-9-10-26-20/h1-4,7-11,14,27,31H,5-6,12-13H2,(H,25,26)(H,28,29). The number of pyridine rings is 1. The SMILES string of the molecule is O=c1c(C2=NS(=O)(=O)c3cc(OCc4ncc[nH]4)ccc3N2)c(O)c2ccccc2n1NCC1CC1. The number of H-pyrrole nitrogens is 1. The summed E-state index contributed by atoms with van der Waals surface area (Å²) < 4.78 is 37.1. The number of aromatic hydroxyl groups is 1. The lowest BCUT2D eigenvalue weighted by atomic mass is 10.1. The second-order valence-corrected chi connectivity index (χ2v) is 10.3. The van der Waals surface area contributed by atoms with Gasteiger partial charge in [-0.1, -0.05) is 12.1 Å². The maximum atomic E-state index is 13.5. The number of amidine groups is 1. The topological polar surface area (TPSA) is 151 Å². The number of imidazole rings is 1. The Morgan fingerprint density at radius 1 is 1.19 bits per heavy atom. The van der Waals surface area contributed by atoms with Crippen molar-refractivity contribution in [3.05, 3.63) is 76.6 Å². The minimum Gasteiger partial charge on any atom is -0.506 e. The van der Waals surface area contributed by atoms with Gasteiger partial charge in [-0.25, -0.2) is 9.66 Å². The zero-order valence-electron chi connectivity index (χ0n) is 18.9. The second-order valence-electron chi connectivity index (χ2n) is 8.71. The Bertz CT molecular complexity index is 1670. The third-order valence-electron chi connectivity index (χ3n) is 6.15. The molecule has 0 unspecified atom stereocenters. The van der Waals surface area contributed by atoms with Crippen LogP contribution in [-0.4, -0.2) is 40.5 Å². The molecule has 1 aliphatic heterocycles. The molecule has 4 N–H and O–H groups in total. The molecule has 6 rings (SSSR count). The van der Waals surface area contributed by atoms with Gasteiger partial charge in [-0.05, 0) is 43.0 Å². The molecule has 12 heteroatoms. The van der Waals surface area contributed by atoms with Crippen molar-refractivity contribution in [2.24, 2.45) is 10.3 Å². The molecule has 2 aliphatic rings. The molecular weight excluding hydrogens is 484 g/mol. The smallest absolute Gasteiger partial charge is 0.286 e. The lowest BCUT2D eigenvalue weighted by molar-refractivity contribution is 0.296. The number of benzene rings is 2. The van der Waals surface area contributed by atoms with Crippen LogP contribution in [0.15, 0.2) is 68.9 Å². The predicted molar refractivity (Wildman–Crippen MR) is 134 cm³/mol. The summed E-state index contributed by atoms with van der Waals surface area (Å²) in [7, 11) is -4.21. The van der Waals surface area contributed by atoms with E-state index in [1.54, 1.807) is 42.7 Å². The third-order valence-corrected chi connectivity index (χ3v) is 7.47. The highest BCUT2D eigenvalue weighted by Crippen LogP contribution is 2.34. The number of nitrogens with zero attached hydrogens (tertiary/aromatic N) is 3. The van der Waals surface area contributed by atoms with Gasteiger partial charge in [-0.3, -0.25) is 4.79 Å². The van der Waals surface area contributed by atoms with Crippen LogP contribution in [0.5, 0.6) is 11.5 Å². The second kappa shape index (κ2) is 8.41. The number of para-hydroxylation sites is 1. The number of sulfonamides is 1. The number of aromatic amines is 1. The van der Waals surface area contributed by atoms with Crippen LogP contribution < -0.4 is 21.0 Å². The average Bonchev–Trinajstić information content (AvgIpc) is 3.54. The average molecular weight is 507 g/mol. The van der Waals surface area contributed by atoms with Gasteiger partial charge in [-0.15, -0.1) is 4.40 Å². The highest BCUT2D eigenvalue weighted by Gasteiger charge is 2.31. The molecule has 1 saturated carbocycles. The normalized spacial score (nSPS) is 16.2. The molecule has 11 nitrogen and oxygen atoms in total. The Morgan fingerprint density at radius 3 is 2.81 bits per heavy atom. The molecule has 184 valence electrons. The summed E-state index contributed by atoms with van der Waals surface area (Å²) in [6.07, 6.45) is 5.42. The van der Waals surface area contributed by atoms with Crippen LogP contribution in [0.4, 0.5) is 5.69 Å². The monoisotopic (exact) mass is 506 g/mol. The van der Waals surface area contributed by atoms with Crippen molar-refractivity contribution in [1.29, 1.82) is 0 Å². The van der Waals surface area contributed by atoms with E-state index in [2.05, 4.69) is 25.1 Å². The number of ether oxygens (including phenoxy) is 1. The van der Waals surface area contributed by atoms with Crippen molar-refractivity contribution in [2.75, 3.05) is 17.3 Å². The van der Waals surface area contributed by atoms with Crippen LogP contribution in [0.2, 0.25) is 0 Å². The molecule has 0 saturated heterocycles. The minimum atomic E-state index is -4.21.